The third-order valence-electron chi connectivity index (χ3n) is 4.70. The zero-order valence-electron chi connectivity index (χ0n) is 14.3. The molecule has 0 atom stereocenters. The van der Waals surface area contributed by atoms with Crippen LogP contribution in [0, 0.1) is 12.7 Å². The Bertz CT molecular complexity index is 869. The van der Waals surface area contributed by atoms with Crippen molar-refractivity contribution in [2.75, 3.05) is 37.6 Å². The molecule has 1 saturated heterocycles. The summed E-state index contributed by atoms with van der Waals surface area (Å²) in [4.78, 5) is 17.7. The van der Waals surface area contributed by atoms with Gasteiger partial charge in [0.05, 0.1) is 17.4 Å². The van der Waals surface area contributed by atoms with Crippen LogP contribution < -0.4 is 4.90 Å². The zero-order valence-corrected chi connectivity index (χ0v) is 14.3. The normalized spacial score (nSPS) is 15.8. The molecular weight excluding hydrogens is 319 g/mol. The average Bonchev–Trinajstić information content (AvgIpc) is 3.02. The molecule has 1 aliphatic rings. The summed E-state index contributed by atoms with van der Waals surface area (Å²) in [5.74, 6) is 1.58. The molecule has 25 heavy (non-hydrogen) atoms. The number of halogens is 1. The summed E-state index contributed by atoms with van der Waals surface area (Å²) in [6.45, 7) is 7.67. The number of anilines is 1. The predicted octanol–water partition coefficient (Wildman–Crippen LogP) is 2.10. The van der Waals surface area contributed by atoms with Crippen molar-refractivity contribution >= 4 is 16.9 Å². The predicted molar refractivity (Wildman–Crippen MR) is 95.1 cm³/mol. The largest absolute Gasteiger partial charge is 0.354 e. The van der Waals surface area contributed by atoms with Crippen molar-refractivity contribution in [3.05, 3.63) is 48.4 Å². The van der Waals surface area contributed by atoms with Crippen LogP contribution in [-0.4, -0.2) is 57.1 Å². The fourth-order valence-corrected chi connectivity index (χ4v) is 3.28. The van der Waals surface area contributed by atoms with Gasteiger partial charge in [-0.05, 0) is 25.1 Å². The second kappa shape index (κ2) is 6.76. The molecule has 1 aromatic carbocycles. The lowest BCUT2D eigenvalue weighted by Crippen LogP contribution is -2.47. The van der Waals surface area contributed by atoms with Crippen LogP contribution in [-0.2, 0) is 6.54 Å². The monoisotopic (exact) mass is 340 g/mol. The van der Waals surface area contributed by atoms with E-state index in [1.165, 1.54) is 12.1 Å². The molecule has 1 fully saturated rings. The second-order valence-corrected chi connectivity index (χ2v) is 6.36. The number of nitrogens with zero attached hydrogens (tertiary/aromatic N) is 6. The minimum absolute atomic E-state index is 0.242. The summed E-state index contributed by atoms with van der Waals surface area (Å²) in [6, 6.07) is 6.74. The Morgan fingerprint density at radius 1 is 1.04 bits per heavy atom. The number of hydrogen-bond acceptors (Lipinski definition) is 5. The first-order valence-corrected chi connectivity index (χ1v) is 8.56. The van der Waals surface area contributed by atoms with Gasteiger partial charge < -0.3 is 9.47 Å². The topological polar surface area (TPSA) is 50.1 Å². The Kier molecular flexibility index (Phi) is 4.31. The van der Waals surface area contributed by atoms with E-state index in [1.807, 2.05) is 19.2 Å². The maximum absolute atomic E-state index is 13.3. The summed E-state index contributed by atoms with van der Waals surface area (Å²) in [7, 11) is 0. The lowest BCUT2D eigenvalue weighted by Gasteiger charge is -2.35. The summed E-state index contributed by atoms with van der Waals surface area (Å²) in [5, 5.41) is 0. The van der Waals surface area contributed by atoms with Gasteiger partial charge in [0.1, 0.15) is 17.5 Å². The Hall–Kier alpha value is -2.54. The van der Waals surface area contributed by atoms with Crippen molar-refractivity contribution in [3.8, 4) is 0 Å². The molecule has 6 nitrogen and oxygen atoms in total. The van der Waals surface area contributed by atoms with Crippen molar-refractivity contribution in [1.29, 1.82) is 0 Å². The first-order valence-electron chi connectivity index (χ1n) is 8.56. The average molecular weight is 340 g/mol. The standard InChI is InChI=1S/C18H21FN6/c1-14-20-5-4-18(22-14)24-9-6-23(7-10-24)8-11-25-13-21-16-12-15(19)2-3-17(16)25/h2-5,12-13H,6-11H2,1H3. The van der Waals surface area contributed by atoms with E-state index >= 15 is 0 Å². The minimum Gasteiger partial charge on any atom is -0.354 e. The Morgan fingerprint density at radius 2 is 1.88 bits per heavy atom. The van der Waals surface area contributed by atoms with Gasteiger partial charge in [0, 0.05) is 51.5 Å². The van der Waals surface area contributed by atoms with Crippen molar-refractivity contribution < 1.29 is 4.39 Å². The van der Waals surface area contributed by atoms with Crippen molar-refractivity contribution in [2.45, 2.75) is 13.5 Å². The van der Waals surface area contributed by atoms with E-state index in [0.29, 0.717) is 5.52 Å². The number of rotatable bonds is 4. The highest BCUT2D eigenvalue weighted by molar-refractivity contribution is 5.75. The molecule has 0 bridgehead atoms. The quantitative estimate of drug-likeness (QED) is 0.728. The van der Waals surface area contributed by atoms with E-state index in [2.05, 4.69) is 29.3 Å². The first kappa shape index (κ1) is 16.0. The van der Waals surface area contributed by atoms with Gasteiger partial charge >= 0.3 is 0 Å². The van der Waals surface area contributed by atoms with Gasteiger partial charge in [0.2, 0.25) is 0 Å². The fraction of sp³-hybridized carbons (Fsp3) is 0.389. The summed E-state index contributed by atoms with van der Waals surface area (Å²) >= 11 is 0. The van der Waals surface area contributed by atoms with Crippen LogP contribution in [0.15, 0.2) is 36.8 Å². The Morgan fingerprint density at radius 3 is 2.68 bits per heavy atom. The minimum atomic E-state index is -0.242. The van der Waals surface area contributed by atoms with Crippen LogP contribution in [0.2, 0.25) is 0 Å². The molecule has 4 rings (SSSR count). The molecule has 0 amide bonds. The van der Waals surface area contributed by atoms with Gasteiger partial charge in [0.25, 0.3) is 0 Å². The molecule has 7 heteroatoms. The van der Waals surface area contributed by atoms with Gasteiger partial charge in [-0.25, -0.2) is 19.3 Å². The van der Waals surface area contributed by atoms with Gasteiger partial charge in [-0.3, -0.25) is 4.90 Å². The van der Waals surface area contributed by atoms with Gasteiger partial charge in [-0.1, -0.05) is 0 Å². The fourth-order valence-electron chi connectivity index (χ4n) is 3.28. The summed E-state index contributed by atoms with van der Waals surface area (Å²) < 4.78 is 15.3. The SMILES string of the molecule is Cc1nccc(N2CCN(CCn3cnc4cc(F)ccc43)CC2)n1. The molecule has 0 aliphatic carbocycles. The number of benzene rings is 1. The van der Waals surface area contributed by atoms with Crippen LogP contribution in [0.4, 0.5) is 10.2 Å². The van der Waals surface area contributed by atoms with Crippen LogP contribution in [0.1, 0.15) is 5.82 Å². The third kappa shape index (κ3) is 3.46. The van der Waals surface area contributed by atoms with Gasteiger partial charge in [-0.2, -0.15) is 0 Å². The maximum Gasteiger partial charge on any atom is 0.132 e. The van der Waals surface area contributed by atoms with E-state index in [1.54, 1.807) is 12.4 Å². The number of hydrogen-bond donors (Lipinski definition) is 0. The number of aryl methyl sites for hydroxylation is 1. The summed E-state index contributed by atoms with van der Waals surface area (Å²) in [5.41, 5.74) is 1.69. The lowest BCUT2D eigenvalue weighted by molar-refractivity contribution is 0.248. The summed E-state index contributed by atoms with van der Waals surface area (Å²) in [6.07, 6.45) is 3.61. The highest BCUT2D eigenvalue weighted by Gasteiger charge is 2.18. The van der Waals surface area contributed by atoms with E-state index < -0.39 is 0 Å². The molecule has 3 aromatic rings. The number of fused-ring (bicyclic) bond motifs is 1. The number of imidazole rings is 1. The highest BCUT2D eigenvalue weighted by Crippen LogP contribution is 2.15. The smallest absolute Gasteiger partial charge is 0.132 e. The van der Waals surface area contributed by atoms with Gasteiger partial charge in [0.15, 0.2) is 0 Å². The van der Waals surface area contributed by atoms with Crippen LogP contribution in [0.25, 0.3) is 11.0 Å². The van der Waals surface area contributed by atoms with Crippen molar-refractivity contribution in [2.24, 2.45) is 0 Å². The van der Waals surface area contributed by atoms with Gasteiger partial charge in [-0.15, -0.1) is 0 Å². The van der Waals surface area contributed by atoms with E-state index in [4.69, 9.17) is 0 Å². The molecule has 0 radical (unpaired) electrons. The Labute approximate surface area is 145 Å². The van der Waals surface area contributed by atoms with E-state index in [9.17, 15) is 4.39 Å². The highest BCUT2D eigenvalue weighted by atomic mass is 19.1. The second-order valence-electron chi connectivity index (χ2n) is 6.36. The van der Waals surface area contributed by atoms with E-state index in [0.717, 1.165) is 56.4 Å². The van der Waals surface area contributed by atoms with Crippen LogP contribution in [0.3, 0.4) is 0 Å². The molecule has 3 heterocycles. The van der Waals surface area contributed by atoms with Crippen molar-refractivity contribution in [1.82, 2.24) is 24.4 Å². The molecule has 0 saturated carbocycles. The lowest BCUT2D eigenvalue weighted by atomic mass is 10.3. The maximum atomic E-state index is 13.3. The van der Waals surface area contributed by atoms with E-state index in [-0.39, 0.29) is 5.82 Å². The molecule has 0 N–H and O–H groups in total. The Balaban J connectivity index is 1.34. The zero-order chi connectivity index (χ0) is 17.2. The molecule has 0 unspecified atom stereocenters. The molecule has 0 spiro atoms. The molecule has 130 valence electrons. The molecule has 2 aromatic heterocycles. The van der Waals surface area contributed by atoms with Crippen LogP contribution in [0.5, 0.6) is 0 Å². The van der Waals surface area contributed by atoms with Crippen molar-refractivity contribution in [3.63, 3.8) is 0 Å². The van der Waals surface area contributed by atoms with Crippen LogP contribution >= 0.6 is 0 Å². The molecule has 1 aliphatic heterocycles. The molecular formula is C18H21FN6. The number of piperazine rings is 1. The third-order valence-corrected chi connectivity index (χ3v) is 4.70. The number of aromatic nitrogens is 4. The first-order chi connectivity index (χ1) is 12.2.